The van der Waals surface area contributed by atoms with Gasteiger partial charge in [-0.3, -0.25) is 4.72 Å². The fourth-order valence-corrected chi connectivity index (χ4v) is 2.57. The van der Waals surface area contributed by atoms with Gasteiger partial charge in [0.05, 0.1) is 24.2 Å². The lowest BCUT2D eigenvalue weighted by molar-refractivity contribution is 0.217. The fourth-order valence-electron chi connectivity index (χ4n) is 1.61. The first-order valence-electron chi connectivity index (χ1n) is 5.91. The number of hydrogen-bond donors (Lipinski definition) is 2. The molecule has 0 amide bonds. The first-order valence-corrected chi connectivity index (χ1v) is 7.56. The van der Waals surface area contributed by atoms with Crippen LogP contribution in [-0.4, -0.2) is 37.7 Å². The van der Waals surface area contributed by atoms with Gasteiger partial charge in [-0.2, -0.15) is 5.10 Å². The Morgan fingerprint density at radius 1 is 1.30 bits per heavy atom. The van der Waals surface area contributed by atoms with Crippen molar-refractivity contribution < 1.29 is 13.2 Å². The summed E-state index contributed by atoms with van der Waals surface area (Å²) in [7, 11) is -2.01. The molecule has 0 aliphatic rings. The van der Waals surface area contributed by atoms with Gasteiger partial charge in [-0.05, 0) is 24.3 Å². The molecule has 0 bridgehead atoms. The van der Waals surface area contributed by atoms with Crippen LogP contribution in [0, 0.1) is 0 Å². The van der Waals surface area contributed by atoms with E-state index in [-0.39, 0.29) is 12.4 Å². The minimum atomic E-state index is -3.47. The van der Waals surface area contributed by atoms with Gasteiger partial charge in [-0.25, -0.2) is 13.1 Å². The first-order chi connectivity index (χ1) is 9.52. The third-order valence-corrected chi connectivity index (χ3v) is 3.82. The number of anilines is 2. The second-order valence-corrected chi connectivity index (χ2v) is 5.98. The molecule has 0 radical (unpaired) electrons. The van der Waals surface area contributed by atoms with Crippen LogP contribution in [0.5, 0.6) is 0 Å². The van der Waals surface area contributed by atoms with E-state index in [2.05, 4.69) is 9.82 Å². The Morgan fingerprint density at radius 2 is 2.00 bits per heavy atom. The molecule has 7 nitrogen and oxygen atoms in total. The molecule has 1 heterocycles. The molecule has 0 spiro atoms. The summed E-state index contributed by atoms with van der Waals surface area (Å²) in [5.41, 5.74) is 6.96. The summed E-state index contributed by atoms with van der Waals surface area (Å²) in [6, 6.07) is 8.55. The van der Waals surface area contributed by atoms with Crippen LogP contribution >= 0.6 is 0 Å². The van der Waals surface area contributed by atoms with Gasteiger partial charge in [-0.15, -0.1) is 0 Å². The Labute approximate surface area is 117 Å². The number of nitrogens with one attached hydrogen (secondary N) is 1. The van der Waals surface area contributed by atoms with Crippen molar-refractivity contribution in [2.75, 3.05) is 29.9 Å². The van der Waals surface area contributed by atoms with E-state index in [0.29, 0.717) is 17.2 Å². The lowest BCUT2D eigenvalue weighted by Crippen LogP contribution is -2.21. The zero-order valence-electron chi connectivity index (χ0n) is 11.0. The van der Waals surface area contributed by atoms with E-state index in [0.717, 1.165) is 0 Å². The van der Waals surface area contributed by atoms with Crippen LogP contribution in [-0.2, 0) is 14.8 Å². The largest absolute Gasteiger partial charge is 0.399 e. The second kappa shape index (κ2) is 5.93. The average Bonchev–Trinajstić information content (AvgIpc) is 2.85. The van der Waals surface area contributed by atoms with Crippen LogP contribution in [0.25, 0.3) is 5.69 Å². The number of ether oxygens (including phenoxy) is 1. The van der Waals surface area contributed by atoms with Gasteiger partial charge in [-0.1, -0.05) is 0 Å². The van der Waals surface area contributed by atoms with Crippen LogP contribution in [0.4, 0.5) is 11.5 Å². The summed E-state index contributed by atoms with van der Waals surface area (Å²) in [4.78, 5) is 0. The number of rotatable bonds is 6. The second-order valence-electron chi connectivity index (χ2n) is 4.13. The van der Waals surface area contributed by atoms with Crippen molar-refractivity contribution in [2.45, 2.75) is 0 Å². The van der Waals surface area contributed by atoms with Crippen molar-refractivity contribution in [3.8, 4) is 5.69 Å². The molecule has 0 atom stereocenters. The van der Waals surface area contributed by atoms with Gasteiger partial charge in [0.25, 0.3) is 0 Å². The molecule has 1 aromatic carbocycles. The van der Waals surface area contributed by atoms with Crippen molar-refractivity contribution in [2.24, 2.45) is 0 Å². The molecule has 1 aromatic heterocycles. The molecule has 3 N–H and O–H groups in total. The Hall–Kier alpha value is -2.06. The zero-order valence-corrected chi connectivity index (χ0v) is 11.8. The maximum atomic E-state index is 11.8. The molecule has 0 aliphatic heterocycles. The predicted octanol–water partition coefficient (Wildman–Crippen LogP) is 0.843. The third-order valence-electron chi connectivity index (χ3n) is 2.60. The van der Waals surface area contributed by atoms with E-state index in [1.54, 1.807) is 30.3 Å². The summed E-state index contributed by atoms with van der Waals surface area (Å²) in [6.07, 6.45) is 1.52. The normalized spacial score (nSPS) is 11.4. The van der Waals surface area contributed by atoms with Gasteiger partial charge >= 0.3 is 0 Å². The summed E-state index contributed by atoms with van der Waals surface area (Å²) in [5, 5.41) is 4.10. The predicted molar refractivity (Wildman–Crippen MR) is 77.3 cm³/mol. The molecular weight excluding hydrogens is 280 g/mol. The molecule has 2 aromatic rings. The molecule has 0 saturated carbocycles. The van der Waals surface area contributed by atoms with Crippen LogP contribution in [0.1, 0.15) is 0 Å². The van der Waals surface area contributed by atoms with E-state index in [1.165, 1.54) is 18.0 Å². The summed E-state index contributed by atoms with van der Waals surface area (Å²) >= 11 is 0. The topological polar surface area (TPSA) is 99.2 Å². The number of nitrogen functional groups attached to an aromatic ring is 1. The van der Waals surface area contributed by atoms with Crippen molar-refractivity contribution in [3.05, 3.63) is 36.5 Å². The Balaban J connectivity index is 2.23. The molecular formula is C12H16N4O3S. The third kappa shape index (κ3) is 3.49. The Kier molecular flexibility index (Phi) is 4.26. The van der Waals surface area contributed by atoms with E-state index in [1.807, 2.05) is 0 Å². The maximum Gasteiger partial charge on any atom is 0.236 e. The SMILES string of the molecule is COCCS(=O)(=O)Nc1ccnn1-c1ccc(N)cc1. The smallest absolute Gasteiger partial charge is 0.236 e. The molecule has 8 heteroatoms. The highest BCUT2D eigenvalue weighted by atomic mass is 32.2. The molecule has 2 rings (SSSR count). The molecule has 20 heavy (non-hydrogen) atoms. The van der Waals surface area contributed by atoms with E-state index >= 15 is 0 Å². The van der Waals surface area contributed by atoms with Gasteiger partial charge in [0.15, 0.2) is 0 Å². The van der Waals surface area contributed by atoms with Crippen LogP contribution in [0.3, 0.4) is 0 Å². The number of methoxy groups -OCH3 is 1. The van der Waals surface area contributed by atoms with Crippen molar-refractivity contribution in [1.29, 1.82) is 0 Å². The van der Waals surface area contributed by atoms with E-state index in [9.17, 15) is 8.42 Å². The lowest BCUT2D eigenvalue weighted by atomic mass is 10.3. The highest BCUT2D eigenvalue weighted by molar-refractivity contribution is 7.92. The quantitative estimate of drug-likeness (QED) is 0.770. The first kappa shape index (κ1) is 14.4. The summed E-state index contributed by atoms with van der Waals surface area (Å²) in [5.74, 6) is 0.252. The van der Waals surface area contributed by atoms with E-state index < -0.39 is 10.0 Å². The Bertz CT molecular complexity index is 664. The van der Waals surface area contributed by atoms with Crippen LogP contribution in [0.2, 0.25) is 0 Å². The molecule has 108 valence electrons. The van der Waals surface area contributed by atoms with Gasteiger partial charge in [0, 0.05) is 18.9 Å². The number of sulfonamides is 1. The van der Waals surface area contributed by atoms with Gasteiger partial charge in [0.1, 0.15) is 5.82 Å². The van der Waals surface area contributed by atoms with Crippen molar-refractivity contribution in [1.82, 2.24) is 9.78 Å². The monoisotopic (exact) mass is 296 g/mol. The fraction of sp³-hybridized carbons (Fsp3) is 0.250. The zero-order chi connectivity index (χ0) is 14.6. The number of hydrogen-bond acceptors (Lipinski definition) is 5. The van der Waals surface area contributed by atoms with Gasteiger partial charge in [0.2, 0.25) is 10.0 Å². The van der Waals surface area contributed by atoms with E-state index in [4.69, 9.17) is 10.5 Å². The molecule has 0 aliphatic carbocycles. The number of nitrogens with zero attached hydrogens (tertiary/aromatic N) is 2. The van der Waals surface area contributed by atoms with Crippen LogP contribution in [0.15, 0.2) is 36.5 Å². The van der Waals surface area contributed by atoms with Crippen LogP contribution < -0.4 is 10.5 Å². The maximum absolute atomic E-state index is 11.8. The minimum Gasteiger partial charge on any atom is -0.399 e. The van der Waals surface area contributed by atoms with Crippen molar-refractivity contribution >= 4 is 21.5 Å². The summed E-state index contributed by atoms with van der Waals surface area (Å²) < 4.78 is 32.4. The molecule has 0 fully saturated rings. The number of nitrogens with two attached hydrogens (primary N) is 1. The average molecular weight is 296 g/mol. The summed E-state index contributed by atoms with van der Waals surface area (Å²) in [6.45, 7) is 0.130. The number of aromatic nitrogens is 2. The highest BCUT2D eigenvalue weighted by Gasteiger charge is 2.13. The standard InChI is InChI=1S/C12H16N4O3S/c1-19-8-9-20(17,18)15-12-6-7-14-16(12)11-4-2-10(13)3-5-11/h2-7,15H,8-9,13H2,1H3. The van der Waals surface area contributed by atoms with Gasteiger partial charge < -0.3 is 10.5 Å². The molecule has 0 unspecified atom stereocenters. The molecule has 0 saturated heterocycles. The highest BCUT2D eigenvalue weighted by Crippen LogP contribution is 2.17. The van der Waals surface area contributed by atoms with Crippen molar-refractivity contribution in [3.63, 3.8) is 0 Å². The number of benzene rings is 1. The lowest BCUT2D eigenvalue weighted by Gasteiger charge is -2.10. The minimum absolute atomic E-state index is 0.115. The Morgan fingerprint density at radius 3 is 2.65 bits per heavy atom.